The van der Waals surface area contributed by atoms with Crippen LogP contribution in [0, 0.1) is 0 Å². The van der Waals surface area contributed by atoms with Gasteiger partial charge in [-0.1, -0.05) is 0 Å². The summed E-state index contributed by atoms with van der Waals surface area (Å²) in [5, 5.41) is 0. The van der Waals surface area contributed by atoms with Gasteiger partial charge >= 0.3 is 118 Å². The van der Waals surface area contributed by atoms with Gasteiger partial charge in [0.25, 0.3) is 0 Å². The molecule has 0 rings (SSSR count). The van der Waals surface area contributed by atoms with Crippen LogP contribution in [0.4, 0.5) is 0 Å². The summed E-state index contributed by atoms with van der Waals surface area (Å²) in [5.74, 6) is 0. The van der Waals surface area contributed by atoms with Crippen molar-refractivity contribution in [3.63, 3.8) is 0 Å². The maximum absolute atomic E-state index is 0. The van der Waals surface area contributed by atoms with Crippen molar-refractivity contribution in [2.45, 2.75) is 0 Å². The van der Waals surface area contributed by atoms with Crippen LogP contribution in [0.1, 0.15) is 0 Å². The summed E-state index contributed by atoms with van der Waals surface area (Å²) in [6, 6.07) is 0. The Morgan fingerprint density at radius 2 is 0.250 bits per heavy atom. The molecule has 4 heteroatoms. The molecule has 0 aromatic rings. The molecule has 0 radical (unpaired) electrons. The van der Waals surface area contributed by atoms with E-state index in [0.29, 0.717) is 0 Å². The molecule has 0 saturated carbocycles. The minimum atomic E-state index is 0. The zero-order valence-corrected chi connectivity index (χ0v) is 12.0. The van der Waals surface area contributed by atoms with E-state index in [4.69, 9.17) is 0 Å². The zero-order valence-electron chi connectivity index (χ0n) is 4.00. The van der Waals surface area contributed by atoms with Crippen molar-refractivity contribution in [1.29, 1.82) is 0 Å². The summed E-state index contributed by atoms with van der Waals surface area (Å²) < 4.78 is 0. The van der Waals surface area contributed by atoms with Crippen LogP contribution in [0.3, 0.4) is 0 Å². The number of hydrogen-bond acceptors (Lipinski definition) is 0. The molecule has 0 heterocycles. The summed E-state index contributed by atoms with van der Waals surface area (Å²) in [7, 11) is 0. The van der Waals surface area contributed by atoms with Gasteiger partial charge in [-0.3, -0.25) is 0 Å². The van der Waals surface area contributed by atoms with Crippen molar-refractivity contribution in [2.75, 3.05) is 0 Å². The maximum Gasteiger partial charge on any atom is 1.00 e. The van der Waals surface area contributed by atoms with Crippen molar-refractivity contribution >= 4 is 0 Å². The van der Waals surface area contributed by atoms with Gasteiger partial charge in [-0.25, -0.2) is 0 Å². The van der Waals surface area contributed by atoms with E-state index in [-0.39, 0.29) is 118 Å². The van der Waals surface area contributed by atoms with Gasteiger partial charge in [0.2, 0.25) is 0 Å². The smallest absolute Gasteiger partial charge is 1.00 e. The van der Waals surface area contributed by atoms with Gasteiger partial charge in [-0.2, -0.15) is 0 Å². The van der Waals surface area contributed by atoms with Gasteiger partial charge < -0.3 is 0 Å². The SMILES string of the molecule is [Na+].[Na+].[Na+].[Na+]. The van der Waals surface area contributed by atoms with Gasteiger partial charge in [0.1, 0.15) is 0 Å². The topological polar surface area (TPSA) is 0 Å². The van der Waals surface area contributed by atoms with Gasteiger partial charge in [-0.15, -0.1) is 0 Å². The van der Waals surface area contributed by atoms with Crippen LogP contribution in [-0.4, -0.2) is 0 Å². The number of rotatable bonds is 0. The van der Waals surface area contributed by atoms with E-state index >= 15 is 0 Å². The first-order valence-electron chi connectivity index (χ1n) is 0. The molecule has 0 aliphatic carbocycles. The van der Waals surface area contributed by atoms with Gasteiger partial charge in [0, 0.05) is 0 Å². The van der Waals surface area contributed by atoms with Gasteiger partial charge in [0.15, 0.2) is 0 Å². The second kappa shape index (κ2) is 15.8. The molecule has 0 fully saturated rings. The van der Waals surface area contributed by atoms with Crippen LogP contribution in [-0.2, 0) is 0 Å². The van der Waals surface area contributed by atoms with Crippen LogP contribution >= 0.6 is 0 Å². The number of hydrogen-bond donors (Lipinski definition) is 0. The minimum Gasteiger partial charge on any atom is 1.00 e. The third-order valence-corrected chi connectivity index (χ3v) is 0. The van der Waals surface area contributed by atoms with E-state index in [1.54, 1.807) is 0 Å². The van der Waals surface area contributed by atoms with Crippen LogP contribution in [0.2, 0.25) is 0 Å². The molecule has 0 aromatic carbocycles. The third kappa shape index (κ3) is 9.38. The fourth-order valence-corrected chi connectivity index (χ4v) is 0. The molecule has 0 atom stereocenters. The van der Waals surface area contributed by atoms with Crippen LogP contribution < -0.4 is 118 Å². The first-order chi connectivity index (χ1) is 0. The Bertz CT molecular complexity index is 0. The zero-order chi connectivity index (χ0) is 0. The molecule has 0 spiro atoms. The van der Waals surface area contributed by atoms with Crippen molar-refractivity contribution in [2.24, 2.45) is 0 Å². The Labute approximate surface area is 115 Å². The van der Waals surface area contributed by atoms with Crippen LogP contribution in [0.15, 0.2) is 0 Å². The quantitative estimate of drug-likeness (QED) is 0.260. The van der Waals surface area contributed by atoms with Crippen molar-refractivity contribution in [3.8, 4) is 0 Å². The largest absolute Gasteiger partial charge is 1.00 e. The molecule has 0 nitrogen and oxygen atoms in total. The molecule has 0 amide bonds. The minimum absolute atomic E-state index is 0. The normalized spacial score (nSPS) is 0. The standard InChI is InChI=1S/4Na/q4*+1. The summed E-state index contributed by atoms with van der Waals surface area (Å²) in [6.45, 7) is 0. The molecular formula is Na4+4. The summed E-state index contributed by atoms with van der Waals surface area (Å²) in [5.41, 5.74) is 0. The third-order valence-electron chi connectivity index (χ3n) is 0. The van der Waals surface area contributed by atoms with E-state index in [2.05, 4.69) is 0 Å². The Hall–Kier alpha value is 4.00. The van der Waals surface area contributed by atoms with Gasteiger partial charge in [-0.05, 0) is 0 Å². The van der Waals surface area contributed by atoms with Gasteiger partial charge in [0.05, 0.1) is 0 Å². The fourth-order valence-electron chi connectivity index (χ4n) is 0. The summed E-state index contributed by atoms with van der Waals surface area (Å²) >= 11 is 0. The van der Waals surface area contributed by atoms with Crippen molar-refractivity contribution in [3.05, 3.63) is 0 Å². The first kappa shape index (κ1) is 24.5. The Morgan fingerprint density at radius 3 is 0.250 bits per heavy atom. The second-order valence-corrected chi connectivity index (χ2v) is 0. The molecule has 0 saturated heterocycles. The predicted octanol–water partition coefficient (Wildman–Crippen LogP) is -12.0. The first-order valence-corrected chi connectivity index (χ1v) is 0. The molecule has 0 bridgehead atoms. The Kier molecular flexibility index (Phi) is 96.5. The van der Waals surface area contributed by atoms with E-state index in [1.807, 2.05) is 0 Å². The van der Waals surface area contributed by atoms with Crippen LogP contribution in [0.5, 0.6) is 0 Å². The van der Waals surface area contributed by atoms with E-state index < -0.39 is 0 Å². The molecule has 0 unspecified atom stereocenters. The summed E-state index contributed by atoms with van der Waals surface area (Å²) in [4.78, 5) is 0. The average molecular weight is 92.0 g/mol. The Morgan fingerprint density at radius 1 is 0.250 bits per heavy atom. The molecule has 0 aliphatic rings. The molecule has 0 aliphatic heterocycles. The molecule has 4 heavy (non-hydrogen) atoms. The summed E-state index contributed by atoms with van der Waals surface area (Å²) in [6.07, 6.45) is 0. The second-order valence-electron chi connectivity index (χ2n) is 0. The Balaban J connectivity index is 0. The van der Waals surface area contributed by atoms with Crippen molar-refractivity contribution in [1.82, 2.24) is 0 Å². The van der Waals surface area contributed by atoms with Crippen LogP contribution in [0.25, 0.3) is 0 Å². The van der Waals surface area contributed by atoms with E-state index in [9.17, 15) is 0 Å². The van der Waals surface area contributed by atoms with E-state index in [0.717, 1.165) is 0 Å². The maximum atomic E-state index is 0. The average Bonchev–Trinajstić information content (AvgIpc) is 0. The molecule has 0 valence electrons. The van der Waals surface area contributed by atoms with Crippen molar-refractivity contribution < 1.29 is 118 Å². The molecular weight excluding hydrogens is 92.0 g/mol. The molecule has 0 N–H and O–H groups in total. The van der Waals surface area contributed by atoms with E-state index in [1.165, 1.54) is 0 Å². The fraction of sp³-hybridized carbons (Fsp3) is 0. The monoisotopic (exact) mass is 92.0 g/mol. The molecule has 0 aromatic heterocycles. The predicted molar refractivity (Wildman–Crippen MR) is 0 cm³/mol.